The molecule has 21 heavy (non-hydrogen) atoms. The Balaban J connectivity index is 1.83. The molecule has 0 aliphatic rings. The quantitative estimate of drug-likeness (QED) is 0.816. The molecule has 0 bridgehead atoms. The van der Waals surface area contributed by atoms with Crippen LogP contribution in [0.25, 0.3) is 11.5 Å². The van der Waals surface area contributed by atoms with E-state index in [1.54, 1.807) is 18.4 Å². The second-order valence-corrected chi connectivity index (χ2v) is 4.64. The molecule has 1 heterocycles. The van der Waals surface area contributed by atoms with Crippen LogP contribution in [0.2, 0.25) is 0 Å². The van der Waals surface area contributed by atoms with Crippen LogP contribution in [0.1, 0.15) is 18.5 Å². The lowest BCUT2D eigenvalue weighted by Crippen LogP contribution is -2.26. The third-order valence-electron chi connectivity index (χ3n) is 2.95. The topological polar surface area (TPSA) is 81.2 Å². The summed E-state index contributed by atoms with van der Waals surface area (Å²) < 4.78 is 18.2. The Bertz CT molecular complexity index is 581. The van der Waals surface area contributed by atoms with Gasteiger partial charge in [-0.05, 0) is 37.2 Å². The lowest BCUT2D eigenvalue weighted by Gasteiger charge is -2.02. The molecule has 3 N–H and O–H groups in total. The molecule has 6 heteroatoms. The van der Waals surface area contributed by atoms with Crippen molar-refractivity contribution in [2.75, 3.05) is 13.1 Å². The zero-order valence-electron chi connectivity index (χ0n) is 11.6. The van der Waals surface area contributed by atoms with Crippen molar-refractivity contribution in [2.45, 2.75) is 19.3 Å². The van der Waals surface area contributed by atoms with Crippen LogP contribution in [0.5, 0.6) is 0 Å². The summed E-state index contributed by atoms with van der Waals surface area (Å²) in [5, 5.41) is 2.80. The molecule has 0 aliphatic carbocycles. The average molecular weight is 291 g/mol. The molecule has 1 aromatic carbocycles. The standard InChI is InChI=1S/C15H18FN3O2/c16-12-5-3-11(4-6-12)15-19-13(10-21-15)7-9-18-14(20)2-1-8-17/h3-6,10H,1-2,7-9,17H2,(H,18,20). The molecule has 0 spiro atoms. The van der Waals surface area contributed by atoms with Gasteiger partial charge in [-0.25, -0.2) is 9.37 Å². The number of carbonyl (C=O) groups is 1. The van der Waals surface area contributed by atoms with Gasteiger partial charge in [0, 0.05) is 24.9 Å². The van der Waals surface area contributed by atoms with Crippen molar-refractivity contribution in [2.24, 2.45) is 5.73 Å². The molecule has 2 aromatic rings. The van der Waals surface area contributed by atoms with Gasteiger partial charge in [0.15, 0.2) is 0 Å². The number of carbonyl (C=O) groups excluding carboxylic acids is 1. The Kier molecular flexibility index (Phi) is 5.45. The highest BCUT2D eigenvalue weighted by Crippen LogP contribution is 2.18. The molecule has 1 amide bonds. The number of nitrogens with one attached hydrogen (secondary N) is 1. The van der Waals surface area contributed by atoms with Gasteiger partial charge in [-0.3, -0.25) is 4.79 Å². The molecule has 0 saturated heterocycles. The first-order chi connectivity index (χ1) is 10.2. The average Bonchev–Trinajstić information content (AvgIpc) is 2.95. The molecule has 5 nitrogen and oxygen atoms in total. The third kappa shape index (κ3) is 4.68. The maximum atomic E-state index is 12.8. The fourth-order valence-corrected chi connectivity index (χ4v) is 1.83. The van der Waals surface area contributed by atoms with Crippen LogP contribution >= 0.6 is 0 Å². The molecule has 0 saturated carbocycles. The smallest absolute Gasteiger partial charge is 0.226 e. The zero-order chi connectivity index (χ0) is 15.1. The van der Waals surface area contributed by atoms with Gasteiger partial charge in [0.1, 0.15) is 12.1 Å². The molecular formula is C15H18FN3O2. The van der Waals surface area contributed by atoms with Crippen LogP contribution in [0.3, 0.4) is 0 Å². The zero-order valence-corrected chi connectivity index (χ0v) is 11.6. The van der Waals surface area contributed by atoms with E-state index in [9.17, 15) is 9.18 Å². The van der Waals surface area contributed by atoms with E-state index in [2.05, 4.69) is 10.3 Å². The number of aromatic nitrogens is 1. The SMILES string of the molecule is NCCCC(=O)NCCc1coc(-c2ccc(F)cc2)n1. The number of amides is 1. The lowest BCUT2D eigenvalue weighted by molar-refractivity contribution is -0.121. The van der Waals surface area contributed by atoms with Crippen LogP contribution in [0.15, 0.2) is 34.9 Å². The number of nitrogens with two attached hydrogens (primary N) is 1. The van der Waals surface area contributed by atoms with Gasteiger partial charge in [-0.15, -0.1) is 0 Å². The molecule has 112 valence electrons. The van der Waals surface area contributed by atoms with E-state index in [-0.39, 0.29) is 11.7 Å². The van der Waals surface area contributed by atoms with E-state index in [4.69, 9.17) is 10.2 Å². The first-order valence-corrected chi connectivity index (χ1v) is 6.86. The summed E-state index contributed by atoms with van der Waals surface area (Å²) in [6.45, 7) is 1.01. The maximum Gasteiger partial charge on any atom is 0.226 e. The van der Waals surface area contributed by atoms with Gasteiger partial charge in [0.05, 0.1) is 5.69 Å². The van der Waals surface area contributed by atoms with E-state index >= 15 is 0 Å². The van der Waals surface area contributed by atoms with Crippen molar-refractivity contribution in [1.82, 2.24) is 10.3 Å². The van der Waals surface area contributed by atoms with Crippen LogP contribution in [-0.2, 0) is 11.2 Å². The number of nitrogens with zero attached hydrogens (tertiary/aromatic N) is 1. The van der Waals surface area contributed by atoms with Crippen molar-refractivity contribution in [3.05, 3.63) is 42.0 Å². The first-order valence-electron chi connectivity index (χ1n) is 6.86. The van der Waals surface area contributed by atoms with Gasteiger partial charge in [0.2, 0.25) is 11.8 Å². The lowest BCUT2D eigenvalue weighted by atomic mass is 10.2. The second kappa shape index (κ2) is 7.54. The van der Waals surface area contributed by atoms with Gasteiger partial charge < -0.3 is 15.5 Å². The fourth-order valence-electron chi connectivity index (χ4n) is 1.83. The fraction of sp³-hybridized carbons (Fsp3) is 0.333. The van der Waals surface area contributed by atoms with E-state index in [0.717, 1.165) is 11.3 Å². The molecule has 0 radical (unpaired) electrons. The van der Waals surface area contributed by atoms with Crippen molar-refractivity contribution in [3.8, 4) is 11.5 Å². The Labute approximate surface area is 122 Å². The Morgan fingerprint density at radius 3 is 2.81 bits per heavy atom. The number of hydrogen-bond acceptors (Lipinski definition) is 4. The van der Waals surface area contributed by atoms with Crippen molar-refractivity contribution in [1.29, 1.82) is 0 Å². The van der Waals surface area contributed by atoms with Crippen LogP contribution in [0, 0.1) is 5.82 Å². The van der Waals surface area contributed by atoms with Gasteiger partial charge >= 0.3 is 0 Å². The normalized spacial score (nSPS) is 10.6. The molecule has 1 aromatic heterocycles. The molecule has 0 aliphatic heterocycles. The van der Waals surface area contributed by atoms with E-state index in [0.29, 0.717) is 38.2 Å². The molecule has 2 rings (SSSR count). The van der Waals surface area contributed by atoms with Gasteiger partial charge in [0.25, 0.3) is 0 Å². The summed E-state index contributed by atoms with van der Waals surface area (Å²) in [5.74, 6) is 0.132. The highest BCUT2D eigenvalue weighted by atomic mass is 19.1. The molecule has 0 unspecified atom stereocenters. The Morgan fingerprint density at radius 2 is 2.10 bits per heavy atom. The number of hydrogen-bond donors (Lipinski definition) is 2. The Morgan fingerprint density at radius 1 is 1.33 bits per heavy atom. The van der Waals surface area contributed by atoms with Crippen LogP contribution < -0.4 is 11.1 Å². The molecule has 0 atom stereocenters. The Hall–Kier alpha value is -2.21. The predicted octanol–water partition coefficient (Wildman–Crippen LogP) is 1.88. The number of rotatable bonds is 7. The monoisotopic (exact) mass is 291 g/mol. The van der Waals surface area contributed by atoms with Crippen LogP contribution in [-0.4, -0.2) is 24.0 Å². The maximum absolute atomic E-state index is 12.8. The number of benzene rings is 1. The van der Waals surface area contributed by atoms with E-state index in [1.165, 1.54) is 12.1 Å². The molecular weight excluding hydrogens is 273 g/mol. The van der Waals surface area contributed by atoms with Gasteiger partial charge in [-0.2, -0.15) is 0 Å². The first kappa shape index (κ1) is 15.2. The second-order valence-electron chi connectivity index (χ2n) is 4.64. The van der Waals surface area contributed by atoms with Crippen molar-refractivity contribution in [3.63, 3.8) is 0 Å². The van der Waals surface area contributed by atoms with Crippen molar-refractivity contribution >= 4 is 5.91 Å². The van der Waals surface area contributed by atoms with Crippen LogP contribution in [0.4, 0.5) is 4.39 Å². The summed E-state index contributed by atoms with van der Waals surface area (Å²) >= 11 is 0. The van der Waals surface area contributed by atoms with Crippen molar-refractivity contribution < 1.29 is 13.6 Å². The predicted molar refractivity (Wildman–Crippen MR) is 76.9 cm³/mol. The third-order valence-corrected chi connectivity index (χ3v) is 2.95. The minimum absolute atomic E-state index is 0.0114. The minimum atomic E-state index is -0.300. The van der Waals surface area contributed by atoms with E-state index in [1.807, 2.05) is 0 Å². The number of halogens is 1. The largest absolute Gasteiger partial charge is 0.444 e. The summed E-state index contributed by atoms with van der Waals surface area (Å²) in [7, 11) is 0. The summed E-state index contributed by atoms with van der Waals surface area (Å²) in [4.78, 5) is 15.7. The van der Waals surface area contributed by atoms with E-state index < -0.39 is 0 Å². The number of oxazole rings is 1. The molecule has 0 fully saturated rings. The minimum Gasteiger partial charge on any atom is -0.444 e. The summed E-state index contributed by atoms with van der Waals surface area (Å²) in [5.41, 5.74) is 6.80. The van der Waals surface area contributed by atoms with Gasteiger partial charge in [-0.1, -0.05) is 0 Å². The summed E-state index contributed by atoms with van der Waals surface area (Å²) in [6, 6.07) is 5.94. The highest BCUT2D eigenvalue weighted by Gasteiger charge is 2.07. The summed E-state index contributed by atoms with van der Waals surface area (Å²) in [6.07, 6.45) is 3.25. The highest BCUT2D eigenvalue weighted by molar-refractivity contribution is 5.75.